The summed E-state index contributed by atoms with van der Waals surface area (Å²) in [5.74, 6) is 0.516. The van der Waals surface area contributed by atoms with Gasteiger partial charge in [-0.2, -0.15) is 0 Å². The fourth-order valence-corrected chi connectivity index (χ4v) is 2.28. The maximum absolute atomic E-state index is 11.9. The van der Waals surface area contributed by atoms with Crippen molar-refractivity contribution < 1.29 is 9.53 Å². The molecule has 0 atom stereocenters. The molecule has 0 fully saturated rings. The van der Waals surface area contributed by atoms with E-state index in [1.807, 2.05) is 13.0 Å². The molecule has 0 unspecified atom stereocenters. The number of amides is 1. The lowest BCUT2D eigenvalue weighted by molar-refractivity contribution is 0.103. The minimum atomic E-state index is -0.148. The molecule has 2 aromatic rings. The van der Waals surface area contributed by atoms with E-state index in [2.05, 4.69) is 5.32 Å². The molecule has 1 aromatic heterocycles. The molecule has 1 aromatic carbocycles. The molecule has 5 heteroatoms. The number of nitrogens with two attached hydrogens (primary N) is 1. The lowest BCUT2D eigenvalue weighted by Crippen LogP contribution is -2.11. The van der Waals surface area contributed by atoms with Crippen molar-refractivity contribution in [2.75, 3.05) is 18.2 Å². The van der Waals surface area contributed by atoms with Crippen molar-refractivity contribution in [3.8, 4) is 5.75 Å². The number of benzene rings is 1. The Labute approximate surface area is 109 Å². The Kier molecular flexibility index (Phi) is 3.53. The maximum Gasteiger partial charge on any atom is 0.265 e. The van der Waals surface area contributed by atoms with Crippen LogP contribution in [0.15, 0.2) is 30.3 Å². The molecule has 94 valence electrons. The van der Waals surface area contributed by atoms with Crippen LogP contribution in [0.25, 0.3) is 0 Å². The summed E-state index contributed by atoms with van der Waals surface area (Å²) in [4.78, 5) is 13.7. The molecule has 1 heterocycles. The zero-order valence-electron chi connectivity index (χ0n) is 10.2. The van der Waals surface area contributed by atoms with Crippen LogP contribution in [0.5, 0.6) is 5.75 Å². The lowest BCUT2D eigenvalue weighted by atomic mass is 10.2. The maximum atomic E-state index is 11.9. The van der Waals surface area contributed by atoms with E-state index in [0.29, 0.717) is 22.0 Å². The van der Waals surface area contributed by atoms with Crippen molar-refractivity contribution in [2.24, 2.45) is 0 Å². The summed E-state index contributed by atoms with van der Waals surface area (Å²) < 4.78 is 5.05. The van der Waals surface area contributed by atoms with Gasteiger partial charge < -0.3 is 15.8 Å². The highest BCUT2D eigenvalue weighted by atomic mass is 32.1. The zero-order valence-corrected chi connectivity index (χ0v) is 11.0. The first-order chi connectivity index (χ1) is 8.60. The summed E-state index contributed by atoms with van der Waals surface area (Å²) in [6.07, 6.45) is 0. The standard InChI is InChI=1S/C13H14N2O2S/c1-8-3-6-12(18-8)13(16)15-11-5-4-9(17-2)7-10(11)14/h3-7H,14H2,1-2H3,(H,15,16). The number of aryl methyl sites for hydroxylation is 1. The minimum absolute atomic E-state index is 0.148. The number of hydrogen-bond acceptors (Lipinski definition) is 4. The van der Waals surface area contributed by atoms with Gasteiger partial charge in [-0.25, -0.2) is 0 Å². The molecular weight excluding hydrogens is 248 g/mol. The molecule has 0 aliphatic carbocycles. The van der Waals surface area contributed by atoms with Gasteiger partial charge >= 0.3 is 0 Å². The highest BCUT2D eigenvalue weighted by Crippen LogP contribution is 2.25. The number of carbonyl (C=O) groups is 1. The lowest BCUT2D eigenvalue weighted by Gasteiger charge is -2.08. The van der Waals surface area contributed by atoms with Gasteiger partial charge in [0.05, 0.1) is 23.4 Å². The minimum Gasteiger partial charge on any atom is -0.497 e. The first kappa shape index (κ1) is 12.4. The Morgan fingerprint density at radius 1 is 1.33 bits per heavy atom. The number of methoxy groups -OCH3 is 1. The number of nitrogen functional groups attached to an aromatic ring is 1. The van der Waals surface area contributed by atoms with Crippen molar-refractivity contribution in [1.82, 2.24) is 0 Å². The Morgan fingerprint density at radius 2 is 2.11 bits per heavy atom. The number of nitrogens with one attached hydrogen (secondary N) is 1. The second kappa shape index (κ2) is 5.10. The number of thiophene rings is 1. The summed E-state index contributed by atoms with van der Waals surface area (Å²) in [6, 6.07) is 8.87. The Hall–Kier alpha value is -2.01. The third kappa shape index (κ3) is 2.62. The molecule has 1 amide bonds. The molecule has 0 radical (unpaired) electrons. The Morgan fingerprint density at radius 3 is 2.67 bits per heavy atom. The normalized spacial score (nSPS) is 10.1. The van der Waals surface area contributed by atoms with Gasteiger partial charge in [-0.1, -0.05) is 0 Å². The van der Waals surface area contributed by atoms with E-state index >= 15 is 0 Å². The van der Waals surface area contributed by atoms with Gasteiger partial charge in [0, 0.05) is 10.9 Å². The summed E-state index contributed by atoms with van der Waals surface area (Å²) in [6.45, 7) is 1.96. The van der Waals surface area contributed by atoms with E-state index < -0.39 is 0 Å². The molecule has 0 spiro atoms. The van der Waals surface area contributed by atoms with E-state index in [1.165, 1.54) is 11.3 Å². The monoisotopic (exact) mass is 262 g/mol. The number of hydrogen-bond donors (Lipinski definition) is 2. The van der Waals surface area contributed by atoms with E-state index in [4.69, 9.17) is 10.5 Å². The van der Waals surface area contributed by atoms with Gasteiger partial charge in [0.15, 0.2) is 0 Å². The first-order valence-electron chi connectivity index (χ1n) is 5.41. The largest absolute Gasteiger partial charge is 0.497 e. The van der Waals surface area contributed by atoms with E-state index in [-0.39, 0.29) is 5.91 Å². The zero-order chi connectivity index (χ0) is 13.1. The number of anilines is 2. The summed E-state index contributed by atoms with van der Waals surface area (Å²) >= 11 is 1.45. The predicted octanol–water partition coefficient (Wildman–Crippen LogP) is 2.90. The van der Waals surface area contributed by atoms with E-state index in [0.717, 1.165) is 4.88 Å². The molecule has 2 rings (SSSR count). The van der Waals surface area contributed by atoms with Crippen LogP contribution in [-0.2, 0) is 0 Å². The van der Waals surface area contributed by atoms with Crippen LogP contribution in [0.3, 0.4) is 0 Å². The van der Waals surface area contributed by atoms with Crippen LogP contribution >= 0.6 is 11.3 Å². The number of carbonyl (C=O) groups excluding carboxylic acids is 1. The van der Waals surface area contributed by atoms with Crippen molar-refractivity contribution in [2.45, 2.75) is 6.92 Å². The van der Waals surface area contributed by atoms with Gasteiger partial charge in [-0.15, -0.1) is 11.3 Å². The summed E-state index contributed by atoms with van der Waals surface area (Å²) in [5.41, 5.74) is 6.91. The molecule has 0 saturated carbocycles. The molecule has 0 aliphatic rings. The Bertz CT molecular complexity index is 578. The van der Waals surface area contributed by atoms with Crippen molar-refractivity contribution in [3.63, 3.8) is 0 Å². The smallest absolute Gasteiger partial charge is 0.265 e. The average Bonchev–Trinajstić information content (AvgIpc) is 2.78. The highest BCUT2D eigenvalue weighted by molar-refractivity contribution is 7.14. The molecule has 18 heavy (non-hydrogen) atoms. The third-order valence-corrected chi connectivity index (χ3v) is 3.47. The fourth-order valence-electron chi connectivity index (χ4n) is 1.52. The second-order valence-corrected chi connectivity index (χ2v) is 5.11. The average molecular weight is 262 g/mol. The molecule has 0 saturated heterocycles. The van der Waals surface area contributed by atoms with Crippen molar-refractivity contribution >= 4 is 28.6 Å². The van der Waals surface area contributed by atoms with Gasteiger partial charge in [0.25, 0.3) is 5.91 Å². The molecule has 0 bridgehead atoms. The van der Waals surface area contributed by atoms with Crippen LogP contribution in [0, 0.1) is 6.92 Å². The topological polar surface area (TPSA) is 64.3 Å². The molecule has 4 nitrogen and oxygen atoms in total. The van der Waals surface area contributed by atoms with Crippen LogP contribution in [-0.4, -0.2) is 13.0 Å². The van der Waals surface area contributed by atoms with Gasteiger partial charge in [-0.05, 0) is 31.2 Å². The predicted molar refractivity (Wildman–Crippen MR) is 74.4 cm³/mol. The van der Waals surface area contributed by atoms with Gasteiger partial charge in [0.1, 0.15) is 5.75 Å². The fraction of sp³-hybridized carbons (Fsp3) is 0.154. The molecule has 0 aliphatic heterocycles. The number of ether oxygens (including phenoxy) is 1. The quantitative estimate of drug-likeness (QED) is 0.836. The van der Waals surface area contributed by atoms with E-state index in [9.17, 15) is 4.79 Å². The van der Waals surface area contributed by atoms with Crippen molar-refractivity contribution in [1.29, 1.82) is 0 Å². The van der Waals surface area contributed by atoms with Crippen molar-refractivity contribution in [3.05, 3.63) is 40.1 Å². The van der Waals surface area contributed by atoms with Gasteiger partial charge in [-0.3, -0.25) is 4.79 Å². The Balaban J connectivity index is 2.16. The highest BCUT2D eigenvalue weighted by Gasteiger charge is 2.10. The summed E-state index contributed by atoms with van der Waals surface area (Å²) in [7, 11) is 1.57. The second-order valence-electron chi connectivity index (χ2n) is 3.82. The van der Waals surface area contributed by atoms with E-state index in [1.54, 1.807) is 31.4 Å². The number of rotatable bonds is 3. The third-order valence-electron chi connectivity index (χ3n) is 2.47. The molecular formula is C13H14N2O2S. The van der Waals surface area contributed by atoms with Crippen LogP contribution in [0.2, 0.25) is 0 Å². The molecule has 3 N–H and O–H groups in total. The van der Waals surface area contributed by atoms with Gasteiger partial charge in [0.2, 0.25) is 0 Å². The SMILES string of the molecule is COc1ccc(NC(=O)c2ccc(C)s2)c(N)c1. The van der Waals surface area contributed by atoms with Crippen LogP contribution in [0.1, 0.15) is 14.5 Å². The first-order valence-corrected chi connectivity index (χ1v) is 6.23. The van der Waals surface area contributed by atoms with Crippen LogP contribution in [0.4, 0.5) is 11.4 Å². The van der Waals surface area contributed by atoms with Crippen LogP contribution < -0.4 is 15.8 Å². The summed E-state index contributed by atoms with van der Waals surface area (Å²) in [5, 5.41) is 2.78.